The lowest BCUT2D eigenvalue weighted by molar-refractivity contribution is 0.670. The number of para-hydroxylation sites is 5. The van der Waals surface area contributed by atoms with Crippen LogP contribution < -0.4 is 0 Å². The number of fused-ring (bicyclic) bond motifs is 5. The minimum Gasteiger partial charge on any atom is -0.455 e. The lowest BCUT2D eigenvalue weighted by atomic mass is 9.93. The molecule has 0 N–H and O–H groups in total. The van der Waals surface area contributed by atoms with E-state index in [1.54, 1.807) is 0 Å². The second-order valence-electron chi connectivity index (χ2n) is 11.2. The van der Waals surface area contributed by atoms with Crippen molar-refractivity contribution in [1.82, 2.24) is 9.55 Å². The molecule has 2 heterocycles. The number of hydrogen-bond donors (Lipinski definition) is 0. The Balaban J connectivity index is 1.35. The van der Waals surface area contributed by atoms with Gasteiger partial charge in [-0.3, -0.25) is 4.57 Å². The van der Waals surface area contributed by atoms with E-state index < -0.39 is 0 Å². The minimum absolute atomic E-state index is 0.895. The molecule has 0 radical (unpaired) electrons. The standard InChI is InChI=1S/C41H26N2O/c1-2-13-33(14-3-1)43-38-19-8-7-18-37(38)42-41(43)32-25-30(29-22-21-27-11-4-5-12-28(27)23-29)24-31(26-32)34-16-10-17-36-35-15-6-9-20-39(35)44-40(34)36/h1-26H. The Labute approximate surface area is 254 Å². The summed E-state index contributed by atoms with van der Waals surface area (Å²) in [6.45, 7) is 0. The van der Waals surface area contributed by atoms with E-state index in [4.69, 9.17) is 9.40 Å². The van der Waals surface area contributed by atoms with Gasteiger partial charge in [0.05, 0.1) is 11.0 Å². The van der Waals surface area contributed by atoms with Gasteiger partial charge in [-0.25, -0.2) is 4.98 Å². The van der Waals surface area contributed by atoms with Crippen molar-refractivity contribution < 1.29 is 4.42 Å². The molecule has 44 heavy (non-hydrogen) atoms. The normalized spacial score (nSPS) is 11.6. The van der Waals surface area contributed by atoms with Crippen molar-refractivity contribution in [3.63, 3.8) is 0 Å². The van der Waals surface area contributed by atoms with Crippen LogP contribution in [0.3, 0.4) is 0 Å². The van der Waals surface area contributed by atoms with Gasteiger partial charge in [-0.1, -0.05) is 103 Å². The summed E-state index contributed by atoms with van der Waals surface area (Å²) in [5.41, 5.74) is 10.4. The smallest absolute Gasteiger partial charge is 0.145 e. The van der Waals surface area contributed by atoms with Crippen molar-refractivity contribution in [2.45, 2.75) is 0 Å². The summed E-state index contributed by atoms with van der Waals surface area (Å²) in [7, 11) is 0. The summed E-state index contributed by atoms with van der Waals surface area (Å²) >= 11 is 0. The summed E-state index contributed by atoms with van der Waals surface area (Å²) in [5, 5.41) is 4.69. The van der Waals surface area contributed by atoms with Gasteiger partial charge in [0.1, 0.15) is 17.0 Å². The third-order valence-electron chi connectivity index (χ3n) is 8.56. The molecular formula is C41H26N2O. The molecule has 0 aliphatic carbocycles. The first-order valence-electron chi connectivity index (χ1n) is 14.9. The highest BCUT2D eigenvalue weighted by molar-refractivity contribution is 6.10. The number of hydrogen-bond acceptors (Lipinski definition) is 2. The number of nitrogens with zero attached hydrogens (tertiary/aromatic N) is 2. The van der Waals surface area contributed by atoms with Gasteiger partial charge < -0.3 is 4.42 Å². The Bertz CT molecular complexity index is 2500. The largest absolute Gasteiger partial charge is 0.455 e. The second kappa shape index (κ2) is 9.82. The summed E-state index contributed by atoms with van der Waals surface area (Å²) in [6.07, 6.45) is 0. The topological polar surface area (TPSA) is 31.0 Å². The molecular weight excluding hydrogens is 536 g/mol. The highest BCUT2D eigenvalue weighted by Crippen LogP contribution is 2.40. The molecule has 0 saturated carbocycles. The average Bonchev–Trinajstić information content (AvgIpc) is 3.67. The molecule has 7 aromatic carbocycles. The number of aromatic nitrogens is 2. The highest BCUT2D eigenvalue weighted by Gasteiger charge is 2.18. The van der Waals surface area contributed by atoms with Crippen molar-refractivity contribution in [3.05, 3.63) is 158 Å². The quantitative estimate of drug-likeness (QED) is 0.214. The lowest BCUT2D eigenvalue weighted by Crippen LogP contribution is -1.98. The number of furan rings is 1. The molecule has 0 amide bonds. The Morgan fingerprint density at radius 1 is 0.477 bits per heavy atom. The third kappa shape index (κ3) is 3.94. The van der Waals surface area contributed by atoms with Gasteiger partial charge in [-0.05, 0) is 82.1 Å². The first kappa shape index (κ1) is 24.6. The van der Waals surface area contributed by atoms with Crippen molar-refractivity contribution >= 4 is 43.7 Å². The van der Waals surface area contributed by atoms with Crippen LogP contribution in [0.4, 0.5) is 0 Å². The van der Waals surface area contributed by atoms with E-state index in [0.29, 0.717) is 0 Å². The van der Waals surface area contributed by atoms with Gasteiger partial charge in [-0.2, -0.15) is 0 Å². The minimum atomic E-state index is 0.895. The van der Waals surface area contributed by atoms with E-state index in [1.807, 2.05) is 18.2 Å². The van der Waals surface area contributed by atoms with Crippen LogP contribution in [0.15, 0.2) is 162 Å². The van der Waals surface area contributed by atoms with Crippen LogP contribution in [0.5, 0.6) is 0 Å². The van der Waals surface area contributed by atoms with Gasteiger partial charge in [0.15, 0.2) is 0 Å². The first-order chi connectivity index (χ1) is 21.8. The Morgan fingerprint density at radius 3 is 2.14 bits per heavy atom. The van der Waals surface area contributed by atoms with Gasteiger partial charge in [0.2, 0.25) is 0 Å². The van der Waals surface area contributed by atoms with Gasteiger partial charge >= 0.3 is 0 Å². The number of imidazole rings is 1. The van der Waals surface area contributed by atoms with Crippen molar-refractivity contribution in [2.24, 2.45) is 0 Å². The molecule has 0 unspecified atom stereocenters. The summed E-state index contributed by atoms with van der Waals surface area (Å²) in [4.78, 5) is 5.22. The maximum absolute atomic E-state index is 6.51. The molecule has 0 spiro atoms. The van der Waals surface area contributed by atoms with Crippen molar-refractivity contribution in [1.29, 1.82) is 0 Å². The molecule has 0 atom stereocenters. The average molecular weight is 563 g/mol. The predicted molar refractivity (Wildman–Crippen MR) is 182 cm³/mol. The molecule has 0 saturated heterocycles. The highest BCUT2D eigenvalue weighted by atomic mass is 16.3. The number of rotatable bonds is 4. The van der Waals surface area contributed by atoms with Crippen molar-refractivity contribution in [2.75, 3.05) is 0 Å². The van der Waals surface area contributed by atoms with Crippen LogP contribution >= 0.6 is 0 Å². The van der Waals surface area contributed by atoms with Crippen LogP contribution in [0.2, 0.25) is 0 Å². The van der Waals surface area contributed by atoms with Gasteiger partial charge in [0.25, 0.3) is 0 Å². The van der Waals surface area contributed by atoms with E-state index in [2.05, 4.69) is 144 Å². The Hall–Kier alpha value is -5.93. The third-order valence-corrected chi connectivity index (χ3v) is 8.56. The van der Waals surface area contributed by atoms with Crippen LogP contribution in [0, 0.1) is 0 Å². The van der Waals surface area contributed by atoms with Gasteiger partial charge in [0, 0.05) is 27.6 Å². The molecule has 0 aliphatic heterocycles. The SMILES string of the molecule is c1ccc(-n2c(-c3cc(-c4ccc5ccccc5c4)cc(-c4cccc5c4oc4ccccc45)c3)nc3ccccc32)cc1. The maximum Gasteiger partial charge on any atom is 0.145 e. The monoisotopic (exact) mass is 562 g/mol. The van der Waals surface area contributed by atoms with Crippen LogP contribution in [0.1, 0.15) is 0 Å². The predicted octanol–water partition coefficient (Wildman–Crippen LogP) is 11.1. The van der Waals surface area contributed by atoms with Crippen LogP contribution in [-0.2, 0) is 0 Å². The van der Waals surface area contributed by atoms with E-state index in [9.17, 15) is 0 Å². The lowest BCUT2D eigenvalue weighted by Gasteiger charge is -2.14. The molecule has 206 valence electrons. The molecule has 0 bridgehead atoms. The molecule has 0 aliphatic rings. The molecule has 3 heteroatoms. The fourth-order valence-electron chi connectivity index (χ4n) is 6.48. The Kier molecular flexibility index (Phi) is 5.50. The molecule has 9 aromatic rings. The van der Waals surface area contributed by atoms with E-state index in [-0.39, 0.29) is 0 Å². The molecule has 3 nitrogen and oxygen atoms in total. The summed E-state index contributed by atoms with van der Waals surface area (Å²) in [6, 6.07) is 55.5. The number of benzene rings is 7. The molecule has 2 aromatic heterocycles. The zero-order valence-corrected chi connectivity index (χ0v) is 23.8. The Morgan fingerprint density at radius 2 is 1.20 bits per heavy atom. The summed E-state index contributed by atoms with van der Waals surface area (Å²) < 4.78 is 8.77. The maximum atomic E-state index is 6.51. The van der Waals surface area contributed by atoms with E-state index in [0.717, 1.165) is 72.3 Å². The van der Waals surface area contributed by atoms with Crippen LogP contribution in [0.25, 0.3) is 83.1 Å². The zero-order valence-electron chi connectivity index (χ0n) is 23.8. The second-order valence-corrected chi connectivity index (χ2v) is 11.2. The molecule has 9 rings (SSSR count). The molecule has 0 fully saturated rings. The fourth-order valence-corrected chi connectivity index (χ4v) is 6.48. The first-order valence-corrected chi connectivity index (χ1v) is 14.9. The van der Waals surface area contributed by atoms with E-state index in [1.165, 1.54) is 10.8 Å². The van der Waals surface area contributed by atoms with Gasteiger partial charge in [-0.15, -0.1) is 0 Å². The van der Waals surface area contributed by atoms with Crippen molar-refractivity contribution in [3.8, 4) is 39.3 Å². The van der Waals surface area contributed by atoms with E-state index >= 15 is 0 Å². The van der Waals surface area contributed by atoms with Crippen LogP contribution in [-0.4, -0.2) is 9.55 Å². The zero-order chi connectivity index (χ0) is 29.0. The fraction of sp³-hybridized carbons (Fsp3) is 0. The summed E-state index contributed by atoms with van der Waals surface area (Å²) in [5.74, 6) is 0.901.